The minimum Gasteiger partial charge on any atom is -0.481 e. The molecule has 3 rings (SSSR count). The lowest BCUT2D eigenvalue weighted by molar-refractivity contribution is -0.152. The summed E-state index contributed by atoms with van der Waals surface area (Å²) in [4.78, 5) is 35.9. The molecule has 0 atom stereocenters. The number of nitrogens with zero attached hydrogens (tertiary/aromatic N) is 1. The van der Waals surface area contributed by atoms with Crippen LogP contribution < -0.4 is 10.1 Å². The fourth-order valence-electron chi connectivity index (χ4n) is 2.47. The van der Waals surface area contributed by atoms with Crippen LogP contribution in [0.1, 0.15) is 0 Å². The van der Waals surface area contributed by atoms with Crippen molar-refractivity contribution in [2.45, 2.75) is 0 Å². The number of esters is 1. The van der Waals surface area contributed by atoms with Gasteiger partial charge in [0.15, 0.2) is 13.2 Å². The highest BCUT2D eigenvalue weighted by molar-refractivity contribution is 6.35. The first kappa shape index (κ1) is 17.0. The molecule has 2 aromatic carbocycles. The molecule has 0 unspecified atom stereocenters. The predicted molar refractivity (Wildman–Crippen MR) is 90.5 cm³/mol. The molecule has 130 valence electrons. The number of ether oxygens (including phenoxy) is 2. The largest absolute Gasteiger partial charge is 0.481 e. The van der Waals surface area contributed by atoms with E-state index in [1.54, 1.807) is 12.1 Å². The lowest BCUT2D eigenvalue weighted by Gasteiger charge is -2.13. The molecule has 0 spiro atoms. The van der Waals surface area contributed by atoms with Gasteiger partial charge in [0.25, 0.3) is 5.91 Å². The number of imide groups is 1. The van der Waals surface area contributed by atoms with Crippen LogP contribution >= 0.6 is 11.6 Å². The van der Waals surface area contributed by atoms with Gasteiger partial charge in [-0.3, -0.25) is 9.69 Å². The minimum absolute atomic E-state index is 0.266. The lowest BCUT2D eigenvalue weighted by Crippen LogP contribution is -2.37. The second-order valence-corrected chi connectivity index (χ2v) is 5.72. The van der Waals surface area contributed by atoms with Crippen molar-refractivity contribution in [1.82, 2.24) is 10.2 Å². The summed E-state index contributed by atoms with van der Waals surface area (Å²) in [7, 11) is 0. The maximum absolute atomic E-state index is 11.8. The Bertz CT molecular complexity index is 839. The molecule has 1 saturated heterocycles. The van der Waals surface area contributed by atoms with Gasteiger partial charge in [0.2, 0.25) is 0 Å². The standard InChI is InChI=1S/C17H15ClN2O5/c18-13-5-6-14(12-4-2-1-3-11(12)13)24-10-16(22)25-9-15(21)20-8-7-19-17(20)23/h1-6H,7-10H2,(H,19,23). The van der Waals surface area contributed by atoms with Gasteiger partial charge >= 0.3 is 12.0 Å². The fraction of sp³-hybridized carbons (Fsp3) is 0.235. The molecule has 0 radical (unpaired) electrons. The molecule has 1 aliphatic rings. The second-order valence-electron chi connectivity index (χ2n) is 5.32. The van der Waals surface area contributed by atoms with Crippen molar-refractivity contribution in [3.8, 4) is 5.75 Å². The van der Waals surface area contributed by atoms with Gasteiger partial charge in [-0.1, -0.05) is 35.9 Å². The van der Waals surface area contributed by atoms with Crippen molar-refractivity contribution in [3.05, 3.63) is 41.4 Å². The van der Waals surface area contributed by atoms with E-state index in [2.05, 4.69) is 5.32 Å². The van der Waals surface area contributed by atoms with Gasteiger partial charge in [-0.15, -0.1) is 0 Å². The van der Waals surface area contributed by atoms with Gasteiger partial charge in [0.1, 0.15) is 5.75 Å². The van der Waals surface area contributed by atoms with Crippen molar-refractivity contribution in [2.24, 2.45) is 0 Å². The normalized spacial score (nSPS) is 13.6. The van der Waals surface area contributed by atoms with Gasteiger partial charge in [-0.05, 0) is 12.1 Å². The number of halogens is 1. The van der Waals surface area contributed by atoms with Crippen LogP contribution in [0, 0.1) is 0 Å². The maximum Gasteiger partial charge on any atom is 0.344 e. The fourth-order valence-corrected chi connectivity index (χ4v) is 2.70. The van der Waals surface area contributed by atoms with E-state index in [0.717, 1.165) is 15.7 Å². The van der Waals surface area contributed by atoms with Crippen molar-refractivity contribution in [3.63, 3.8) is 0 Å². The van der Waals surface area contributed by atoms with E-state index < -0.39 is 24.5 Å². The first-order chi connectivity index (χ1) is 12.1. The highest BCUT2D eigenvalue weighted by Crippen LogP contribution is 2.31. The third kappa shape index (κ3) is 3.83. The predicted octanol–water partition coefficient (Wildman–Crippen LogP) is 1.97. The SMILES string of the molecule is O=C(COc1ccc(Cl)c2ccccc12)OCC(=O)N1CCNC1=O. The molecular formula is C17H15ClN2O5. The number of nitrogens with one attached hydrogen (secondary N) is 1. The number of carbonyl (C=O) groups excluding carboxylic acids is 3. The Morgan fingerprint density at radius 3 is 2.60 bits per heavy atom. The Kier molecular flexibility index (Phi) is 5.04. The van der Waals surface area contributed by atoms with Crippen molar-refractivity contribution >= 4 is 40.3 Å². The topological polar surface area (TPSA) is 84.9 Å². The second kappa shape index (κ2) is 7.40. The summed E-state index contributed by atoms with van der Waals surface area (Å²) >= 11 is 6.13. The minimum atomic E-state index is -0.702. The average molecular weight is 363 g/mol. The number of fused-ring (bicyclic) bond motifs is 1. The Hall–Kier alpha value is -2.80. The highest BCUT2D eigenvalue weighted by Gasteiger charge is 2.26. The molecule has 1 aliphatic heterocycles. The lowest BCUT2D eigenvalue weighted by atomic mass is 10.1. The van der Waals surface area contributed by atoms with E-state index in [9.17, 15) is 14.4 Å². The summed E-state index contributed by atoms with van der Waals surface area (Å²) < 4.78 is 10.3. The first-order valence-corrected chi connectivity index (χ1v) is 7.98. The van der Waals surface area contributed by atoms with Crippen LogP contribution in [0.5, 0.6) is 5.75 Å². The van der Waals surface area contributed by atoms with E-state index in [0.29, 0.717) is 17.3 Å². The molecule has 7 nitrogen and oxygen atoms in total. The molecule has 1 heterocycles. The Morgan fingerprint density at radius 1 is 1.12 bits per heavy atom. The van der Waals surface area contributed by atoms with E-state index in [1.807, 2.05) is 24.3 Å². The monoisotopic (exact) mass is 362 g/mol. The molecule has 0 aromatic heterocycles. The number of benzene rings is 2. The van der Waals surface area contributed by atoms with Gasteiger partial charge in [-0.2, -0.15) is 0 Å². The smallest absolute Gasteiger partial charge is 0.344 e. The van der Waals surface area contributed by atoms with E-state index in [4.69, 9.17) is 21.1 Å². The van der Waals surface area contributed by atoms with Crippen LogP contribution in [0.4, 0.5) is 4.79 Å². The molecule has 0 bridgehead atoms. The summed E-state index contributed by atoms with van der Waals surface area (Å²) in [5.74, 6) is -0.783. The highest BCUT2D eigenvalue weighted by atomic mass is 35.5. The van der Waals surface area contributed by atoms with Crippen LogP contribution in [0.2, 0.25) is 5.02 Å². The summed E-state index contributed by atoms with van der Waals surface area (Å²) in [6.07, 6.45) is 0. The quantitative estimate of drug-likeness (QED) is 0.822. The molecule has 1 N–H and O–H groups in total. The number of carbonyl (C=O) groups is 3. The Morgan fingerprint density at radius 2 is 1.88 bits per heavy atom. The van der Waals surface area contributed by atoms with Crippen molar-refractivity contribution in [2.75, 3.05) is 26.3 Å². The van der Waals surface area contributed by atoms with Gasteiger partial charge in [-0.25, -0.2) is 9.59 Å². The van der Waals surface area contributed by atoms with Crippen molar-refractivity contribution in [1.29, 1.82) is 0 Å². The maximum atomic E-state index is 11.8. The van der Waals surface area contributed by atoms with Crippen LogP contribution in [-0.4, -0.2) is 49.1 Å². The van der Waals surface area contributed by atoms with Gasteiger partial charge < -0.3 is 14.8 Å². The zero-order valence-corrected chi connectivity index (χ0v) is 13.9. The van der Waals surface area contributed by atoms with E-state index in [1.165, 1.54) is 0 Å². The van der Waals surface area contributed by atoms with Crippen LogP contribution in [-0.2, 0) is 14.3 Å². The summed E-state index contributed by atoms with van der Waals surface area (Å²) in [5.41, 5.74) is 0. The third-order valence-corrected chi connectivity index (χ3v) is 4.02. The summed E-state index contributed by atoms with van der Waals surface area (Å²) in [6.45, 7) is -0.199. The van der Waals surface area contributed by atoms with Crippen LogP contribution in [0.15, 0.2) is 36.4 Å². The number of urea groups is 1. The van der Waals surface area contributed by atoms with E-state index >= 15 is 0 Å². The molecule has 0 saturated carbocycles. The zero-order valence-electron chi connectivity index (χ0n) is 13.2. The summed E-state index contributed by atoms with van der Waals surface area (Å²) in [5, 5.41) is 4.66. The molecule has 0 aliphatic carbocycles. The molecule has 8 heteroatoms. The van der Waals surface area contributed by atoms with Gasteiger partial charge in [0, 0.05) is 28.9 Å². The number of amides is 3. The molecule has 2 aromatic rings. The molecular weight excluding hydrogens is 348 g/mol. The first-order valence-electron chi connectivity index (χ1n) is 7.60. The third-order valence-electron chi connectivity index (χ3n) is 3.69. The summed E-state index contributed by atoms with van der Waals surface area (Å²) in [6, 6.07) is 10.2. The Labute approximate surface area is 148 Å². The van der Waals surface area contributed by atoms with Crippen molar-refractivity contribution < 1.29 is 23.9 Å². The molecule has 1 fully saturated rings. The Balaban J connectivity index is 1.55. The van der Waals surface area contributed by atoms with Crippen LogP contribution in [0.3, 0.4) is 0 Å². The van der Waals surface area contributed by atoms with Gasteiger partial charge in [0.05, 0.1) is 0 Å². The zero-order chi connectivity index (χ0) is 17.8. The molecule has 3 amide bonds. The number of rotatable bonds is 5. The van der Waals surface area contributed by atoms with E-state index in [-0.39, 0.29) is 13.2 Å². The number of hydrogen-bond acceptors (Lipinski definition) is 5. The van der Waals surface area contributed by atoms with Crippen LogP contribution in [0.25, 0.3) is 10.8 Å². The average Bonchev–Trinajstić information content (AvgIpc) is 3.05. The number of hydrogen-bond donors (Lipinski definition) is 1. The molecule has 25 heavy (non-hydrogen) atoms.